The molecule has 1 unspecified atom stereocenters. The average molecular weight is 252 g/mol. The second-order valence-corrected chi connectivity index (χ2v) is 4.97. The van der Waals surface area contributed by atoms with Crippen molar-refractivity contribution >= 4 is 5.78 Å². The van der Waals surface area contributed by atoms with E-state index in [0.29, 0.717) is 5.92 Å². The van der Waals surface area contributed by atoms with Crippen LogP contribution in [0.3, 0.4) is 0 Å². The molecule has 0 N–H and O–H groups in total. The molecule has 0 aliphatic carbocycles. The Bertz CT molecular complexity index is 543. The zero-order valence-electron chi connectivity index (χ0n) is 11.6. The topological polar surface area (TPSA) is 17.1 Å². The first-order valence-corrected chi connectivity index (χ1v) is 6.92. The molecule has 0 heterocycles. The minimum Gasteiger partial charge on any atom is -0.289 e. The minimum absolute atomic E-state index is 0.124. The molecule has 0 bridgehead atoms. The molecule has 1 nitrogen and oxygen atoms in total. The van der Waals surface area contributed by atoms with Gasteiger partial charge in [0.2, 0.25) is 0 Å². The first-order valence-electron chi connectivity index (χ1n) is 6.92. The lowest BCUT2D eigenvalue weighted by molar-refractivity contribution is 0.103. The largest absolute Gasteiger partial charge is 0.289 e. The number of rotatable bonds is 5. The summed E-state index contributed by atoms with van der Waals surface area (Å²) in [7, 11) is 0. The fourth-order valence-electron chi connectivity index (χ4n) is 2.47. The summed E-state index contributed by atoms with van der Waals surface area (Å²) < 4.78 is 0. The molecule has 0 aliphatic heterocycles. The number of benzene rings is 2. The smallest absolute Gasteiger partial charge is 0.193 e. The highest BCUT2D eigenvalue weighted by molar-refractivity contribution is 6.10. The molecule has 0 aromatic heterocycles. The molecule has 2 rings (SSSR count). The van der Waals surface area contributed by atoms with Gasteiger partial charge in [-0.05, 0) is 17.9 Å². The van der Waals surface area contributed by atoms with Crippen LogP contribution in [0.1, 0.15) is 54.1 Å². The monoisotopic (exact) mass is 252 g/mol. The number of hydrogen-bond donors (Lipinski definition) is 0. The van der Waals surface area contributed by atoms with E-state index in [9.17, 15) is 4.79 Å². The lowest BCUT2D eigenvalue weighted by Gasteiger charge is -2.15. The summed E-state index contributed by atoms with van der Waals surface area (Å²) in [6.07, 6.45) is 2.24. The van der Waals surface area contributed by atoms with E-state index in [1.807, 2.05) is 48.5 Å². The van der Waals surface area contributed by atoms with Crippen molar-refractivity contribution in [3.63, 3.8) is 0 Å². The van der Waals surface area contributed by atoms with Crippen molar-refractivity contribution in [2.75, 3.05) is 0 Å². The quantitative estimate of drug-likeness (QED) is 0.697. The van der Waals surface area contributed by atoms with E-state index in [4.69, 9.17) is 0 Å². The van der Waals surface area contributed by atoms with Gasteiger partial charge in [-0.2, -0.15) is 0 Å². The molecule has 0 amide bonds. The average Bonchev–Trinajstić information content (AvgIpc) is 2.47. The van der Waals surface area contributed by atoms with Crippen molar-refractivity contribution in [3.8, 4) is 0 Å². The van der Waals surface area contributed by atoms with Crippen LogP contribution in [0.15, 0.2) is 54.6 Å². The van der Waals surface area contributed by atoms with Crippen LogP contribution in [0.2, 0.25) is 0 Å². The highest BCUT2D eigenvalue weighted by atomic mass is 16.1. The predicted molar refractivity (Wildman–Crippen MR) is 79.6 cm³/mol. The highest BCUT2D eigenvalue weighted by Crippen LogP contribution is 2.25. The third-order valence-electron chi connectivity index (χ3n) is 3.49. The standard InChI is InChI=1S/C18H20O/c1-3-9-14(2)16-12-7-8-13-17(16)18(19)15-10-5-4-6-11-15/h4-8,10-14H,3,9H2,1-2H3. The fourth-order valence-corrected chi connectivity index (χ4v) is 2.47. The summed E-state index contributed by atoms with van der Waals surface area (Å²) in [6, 6.07) is 17.5. The van der Waals surface area contributed by atoms with E-state index in [2.05, 4.69) is 19.9 Å². The lowest BCUT2D eigenvalue weighted by Crippen LogP contribution is -2.07. The first kappa shape index (κ1) is 13.5. The molecule has 0 aliphatic rings. The van der Waals surface area contributed by atoms with Crippen molar-refractivity contribution in [1.29, 1.82) is 0 Å². The molecule has 0 spiro atoms. The Labute approximate surface area is 115 Å². The van der Waals surface area contributed by atoms with Crippen LogP contribution in [0.5, 0.6) is 0 Å². The predicted octanol–water partition coefficient (Wildman–Crippen LogP) is 4.82. The molecular formula is C18H20O. The van der Waals surface area contributed by atoms with Gasteiger partial charge in [0.15, 0.2) is 5.78 Å². The third kappa shape index (κ3) is 3.11. The van der Waals surface area contributed by atoms with E-state index >= 15 is 0 Å². The second kappa shape index (κ2) is 6.33. The van der Waals surface area contributed by atoms with Crippen molar-refractivity contribution < 1.29 is 4.79 Å². The Kier molecular flexibility index (Phi) is 4.51. The summed E-state index contributed by atoms with van der Waals surface area (Å²) >= 11 is 0. The van der Waals surface area contributed by atoms with E-state index in [1.165, 1.54) is 5.56 Å². The van der Waals surface area contributed by atoms with Crippen molar-refractivity contribution in [3.05, 3.63) is 71.3 Å². The Morgan fingerprint density at radius 2 is 1.63 bits per heavy atom. The Balaban J connectivity index is 2.37. The number of carbonyl (C=O) groups is 1. The SMILES string of the molecule is CCCC(C)c1ccccc1C(=O)c1ccccc1. The van der Waals surface area contributed by atoms with Gasteiger partial charge in [0.05, 0.1) is 0 Å². The normalized spacial score (nSPS) is 12.1. The molecule has 0 saturated heterocycles. The van der Waals surface area contributed by atoms with Gasteiger partial charge < -0.3 is 0 Å². The Morgan fingerprint density at radius 1 is 1.00 bits per heavy atom. The van der Waals surface area contributed by atoms with Gasteiger partial charge in [-0.15, -0.1) is 0 Å². The van der Waals surface area contributed by atoms with Gasteiger partial charge in [0.1, 0.15) is 0 Å². The molecule has 0 saturated carbocycles. The van der Waals surface area contributed by atoms with Crippen LogP contribution in [0.4, 0.5) is 0 Å². The summed E-state index contributed by atoms with van der Waals surface area (Å²) in [5.74, 6) is 0.549. The van der Waals surface area contributed by atoms with E-state index in [-0.39, 0.29) is 5.78 Å². The van der Waals surface area contributed by atoms with Crippen molar-refractivity contribution in [2.24, 2.45) is 0 Å². The maximum absolute atomic E-state index is 12.6. The van der Waals surface area contributed by atoms with Crippen molar-refractivity contribution in [2.45, 2.75) is 32.6 Å². The van der Waals surface area contributed by atoms with Gasteiger partial charge in [0, 0.05) is 11.1 Å². The van der Waals surface area contributed by atoms with E-state index < -0.39 is 0 Å². The molecule has 98 valence electrons. The molecular weight excluding hydrogens is 232 g/mol. The second-order valence-electron chi connectivity index (χ2n) is 4.97. The summed E-state index contributed by atoms with van der Waals surface area (Å²) in [6.45, 7) is 4.37. The number of carbonyl (C=O) groups excluding carboxylic acids is 1. The Morgan fingerprint density at radius 3 is 2.32 bits per heavy atom. The minimum atomic E-state index is 0.124. The van der Waals surface area contributed by atoms with Crippen LogP contribution in [0, 0.1) is 0 Å². The van der Waals surface area contributed by atoms with E-state index in [0.717, 1.165) is 24.0 Å². The molecule has 1 heteroatoms. The number of ketones is 1. The van der Waals surface area contributed by atoms with Gasteiger partial charge in [-0.3, -0.25) is 4.79 Å². The summed E-state index contributed by atoms with van der Waals surface area (Å²) in [4.78, 5) is 12.6. The first-order chi connectivity index (χ1) is 9.24. The van der Waals surface area contributed by atoms with E-state index in [1.54, 1.807) is 0 Å². The molecule has 2 aromatic rings. The van der Waals surface area contributed by atoms with Crippen LogP contribution in [-0.2, 0) is 0 Å². The molecule has 0 fully saturated rings. The Hall–Kier alpha value is -1.89. The lowest BCUT2D eigenvalue weighted by atomic mass is 9.89. The number of hydrogen-bond acceptors (Lipinski definition) is 1. The van der Waals surface area contributed by atoms with Crippen LogP contribution in [0.25, 0.3) is 0 Å². The maximum Gasteiger partial charge on any atom is 0.193 e. The summed E-state index contributed by atoms with van der Waals surface area (Å²) in [5.41, 5.74) is 2.77. The highest BCUT2D eigenvalue weighted by Gasteiger charge is 2.16. The van der Waals surface area contributed by atoms with Crippen molar-refractivity contribution in [1.82, 2.24) is 0 Å². The molecule has 0 radical (unpaired) electrons. The van der Waals surface area contributed by atoms with Crippen LogP contribution in [-0.4, -0.2) is 5.78 Å². The van der Waals surface area contributed by atoms with Crippen LogP contribution >= 0.6 is 0 Å². The van der Waals surface area contributed by atoms with Gasteiger partial charge in [0.25, 0.3) is 0 Å². The van der Waals surface area contributed by atoms with Crippen LogP contribution < -0.4 is 0 Å². The molecule has 1 atom stereocenters. The zero-order valence-corrected chi connectivity index (χ0v) is 11.6. The van der Waals surface area contributed by atoms with Gasteiger partial charge in [-0.25, -0.2) is 0 Å². The van der Waals surface area contributed by atoms with Gasteiger partial charge >= 0.3 is 0 Å². The fraction of sp³-hybridized carbons (Fsp3) is 0.278. The molecule has 2 aromatic carbocycles. The molecule has 19 heavy (non-hydrogen) atoms. The third-order valence-corrected chi connectivity index (χ3v) is 3.49. The maximum atomic E-state index is 12.6. The summed E-state index contributed by atoms with van der Waals surface area (Å²) in [5, 5.41) is 0. The van der Waals surface area contributed by atoms with Gasteiger partial charge in [-0.1, -0.05) is 74.9 Å². The zero-order chi connectivity index (χ0) is 13.7.